The molecule has 0 radical (unpaired) electrons. The van der Waals surface area contributed by atoms with Gasteiger partial charge in [-0.25, -0.2) is 0 Å². The lowest BCUT2D eigenvalue weighted by Gasteiger charge is -2.27. The third-order valence-electron chi connectivity index (χ3n) is 5.73. The lowest BCUT2D eigenvalue weighted by Crippen LogP contribution is -2.36. The first kappa shape index (κ1) is 22.0. The van der Waals surface area contributed by atoms with Crippen molar-refractivity contribution in [3.05, 3.63) is 53.6 Å². The standard InChI is InChI=1S/C24H31NO5/c1-28-21-14-17(15-22(29-2)24(21)30-3)11-12-23(27)25-13-7-10-19(25)16-20(26)18-8-5-4-6-9-18/h4-6,8-9,14-15,19-20,26H,7,10-13,16H2,1-3H3/t19-,20-/m0/s1. The van der Waals surface area contributed by atoms with Crippen LogP contribution < -0.4 is 14.2 Å². The number of carbonyl (C=O) groups excluding carboxylic acids is 1. The Hall–Kier alpha value is -2.73. The molecule has 1 amide bonds. The number of nitrogens with zero attached hydrogens (tertiary/aromatic N) is 1. The summed E-state index contributed by atoms with van der Waals surface area (Å²) in [5.41, 5.74) is 1.85. The SMILES string of the molecule is COc1cc(CCC(=O)N2CCC[C@H]2C[C@H](O)c2ccccc2)cc(OC)c1OC. The normalized spacial score (nSPS) is 16.9. The zero-order valence-corrected chi connectivity index (χ0v) is 18.0. The fourth-order valence-corrected chi connectivity index (χ4v) is 4.15. The maximum atomic E-state index is 12.9. The topological polar surface area (TPSA) is 68.2 Å². The summed E-state index contributed by atoms with van der Waals surface area (Å²) in [6.07, 6.45) is 2.90. The maximum Gasteiger partial charge on any atom is 0.223 e. The molecule has 1 aliphatic heterocycles. The van der Waals surface area contributed by atoms with Crippen LogP contribution in [0.5, 0.6) is 17.2 Å². The molecule has 2 atom stereocenters. The van der Waals surface area contributed by atoms with E-state index in [1.165, 1.54) is 0 Å². The molecule has 0 spiro atoms. The number of rotatable bonds is 9. The maximum absolute atomic E-state index is 12.9. The zero-order valence-electron chi connectivity index (χ0n) is 18.0. The van der Waals surface area contributed by atoms with E-state index < -0.39 is 6.10 Å². The van der Waals surface area contributed by atoms with E-state index in [-0.39, 0.29) is 11.9 Å². The molecule has 0 bridgehead atoms. The van der Waals surface area contributed by atoms with Crippen LogP contribution in [0.2, 0.25) is 0 Å². The molecular weight excluding hydrogens is 382 g/mol. The predicted octanol–water partition coefficient (Wildman–Crippen LogP) is 3.76. The van der Waals surface area contributed by atoms with Gasteiger partial charge in [-0.15, -0.1) is 0 Å². The number of carbonyl (C=O) groups is 1. The Balaban J connectivity index is 1.62. The van der Waals surface area contributed by atoms with Gasteiger partial charge in [-0.3, -0.25) is 4.79 Å². The van der Waals surface area contributed by atoms with Crippen molar-refractivity contribution in [3.8, 4) is 17.2 Å². The van der Waals surface area contributed by atoms with Gasteiger partial charge in [0, 0.05) is 19.0 Å². The Kier molecular flexibility index (Phi) is 7.57. The van der Waals surface area contributed by atoms with Gasteiger partial charge in [0.1, 0.15) is 0 Å². The van der Waals surface area contributed by atoms with Crippen molar-refractivity contribution in [1.29, 1.82) is 0 Å². The van der Waals surface area contributed by atoms with Crippen LogP contribution in [0.3, 0.4) is 0 Å². The Morgan fingerprint density at radius 1 is 1.10 bits per heavy atom. The molecule has 6 heteroatoms. The minimum atomic E-state index is -0.556. The predicted molar refractivity (Wildman–Crippen MR) is 115 cm³/mol. The average Bonchev–Trinajstić information content (AvgIpc) is 3.25. The number of methoxy groups -OCH3 is 3. The Bertz CT molecular complexity index is 814. The molecule has 1 aliphatic rings. The molecule has 0 unspecified atom stereocenters. The molecule has 3 rings (SSSR count). The van der Waals surface area contributed by atoms with Crippen molar-refractivity contribution in [2.75, 3.05) is 27.9 Å². The number of aliphatic hydroxyl groups is 1. The highest BCUT2D eigenvalue weighted by atomic mass is 16.5. The van der Waals surface area contributed by atoms with Crippen LogP contribution in [0.1, 0.15) is 42.9 Å². The average molecular weight is 414 g/mol. The molecule has 0 aliphatic carbocycles. The third-order valence-corrected chi connectivity index (χ3v) is 5.73. The molecule has 162 valence electrons. The van der Waals surface area contributed by atoms with Gasteiger partial charge in [0.25, 0.3) is 0 Å². The molecular formula is C24H31NO5. The van der Waals surface area contributed by atoms with Gasteiger partial charge in [0.15, 0.2) is 11.5 Å². The van der Waals surface area contributed by atoms with E-state index in [1.807, 2.05) is 47.4 Å². The van der Waals surface area contributed by atoms with Crippen molar-refractivity contribution in [2.45, 2.75) is 44.2 Å². The molecule has 0 saturated carbocycles. The molecule has 30 heavy (non-hydrogen) atoms. The lowest BCUT2D eigenvalue weighted by molar-refractivity contribution is -0.132. The first-order valence-corrected chi connectivity index (χ1v) is 10.4. The summed E-state index contributed by atoms with van der Waals surface area (Å²) in [4.78, 5) is 14.9. The summed E-state index contributed by atoms with van der Waals surface area (Å²) >= 11 is 0. The van der Waals surface area contributed by atoms with Gasteiger partial charge in [-0.1, -0.05) is 30.3 Å². The molecule has 1 heterocycles. The summed E-state index contributed by atoms with van der Waals surface area (Å²) in [7, 11) is 4.74. The molecule has 0 aromatic heterocycles. The summed E-state index contributed by atoms with van der Waals surface area (Å²) in [5.74, 6) is 1.84. The second-order valence-electron chi connectivity index (χ2n) is 7.58. The number of likely N-dealkylation sites (tertiary alicyclic amines) is 1. The number of hydrogen-bond acceptors (Lipinski definition) is 5. The largest absolute Gasteiger partial charge is 0.493 e. The van der Waals surface area contributed by atoms with E-state index in [1.54, 1.807) is 21.3 Å². The summed E-state index contributed by atoms with van der Waals surface area (Å²) in [5, 5.41) is 10.6. The number of benzene rings is 2. The van der Waals surface area contributed by atoms with E-state index in [4.69, 9.17) is 14.2 Å². The van der Waals surface area contributed by atoms with Crippen LogP contribution in [-0.4, -0.2) is 49.8 Å². The summed E-state index contributed by atoms with van der Waals surface area (Å²) in [6, 6.07) is 13.5. The van der Waals surface area contributed by atoms with Crippen LogP contribution in [0.15, 0.2) is 42.5 Å². The summed E-state index contributed by atoms with van der Waals surface area (Å²) in [6.45, 7) is 0.750. The van der Waals surface area contributed by atoms with Crippen molar-refractivity contribution in [3.63, 3.8) is 0 Å². The first-order chi connectivity index (χ1) is 14.6. The number of aryl methyl sites for hydroxylation is 1. The minimum absolute atomic E-state index is 0.0765. The van der Waals surface area contributed by atoms with E-state index in [0.717, 1.165) is 30.5 Å². The van der Waals surface area contributed by atoms with E-state index in [2.05, 4.69) is 0 Å². The van der Waals surface area contributed by atoms with Crippen molar-refractivity contribution in [2.24, 2.45) is 0 Å². The van der Waals surface area contributed by atoms with Crippen LogP contribution in [0.4, 0.5) is 0 Å². The monoisotopic (exact) mass is 413 g/mol. The molecule has 1 fully saturated rings. The van der Waals surface area contributed by atoms with Gasteiger partial charge >= 0.3 is 0 Å². The second kappa shape index (κ2) is 10.3. The molecule has 6 nitrogen and oxygen atoms in total. The minimum Gasteiger partial charge on any atom is -0.493 e. The third kappa shape index (κ3) is 5.05. The van der Waals surface area contributed by atoms with Gasteiger partial charge < -0.3 is 24.2 Å². The van der Waals surface area contributed by atoms with E-state index >= 15 is 0 Å². The van der Waals surface area contributed by atoms with E-state index in [0.29, 0.717) is 36.5 Å². The van der Waals surface area contributed by atoms with Gasteiger partial charge in [0.05, 0.1) is 27.4 Å². The smallest absolute Gasteiger partial charge is 0.223 e. The van der Waals surface area contributed by atoms with E-state index in [9.17, 15) is 9.90 Å². The van der Waals surface area contributed by atoms with Gasteiger partial charge in [-0.2, -0.15) is 0 Å². The lowest BCUT2D eigenvalue weighted by atomic mass is 10.00. The number of aliphatic hydroxyl groups excluding tert-OH is 1. The van der Waals surface area contributed by atoms with Crippen molar-refractivity contribution >= 4 is 5.91 Å². The van der Waals surface area contributed by atoms with Crippen molar-refractivity contribution in [1.82, 2.24) is 4.90 Å². The van der Waals surface area contributed by atoms with Crippen LogP contribution in [0, 0.1) is 0 Å². The highest BCUT2D eigenvalue weighted by Gasteiger charge is 2.30. The van der Waals surface area contributed by atoms with Crippen LogP contribution in [-0.2, 0) is 11.2 Å². The zero-order chi connectivity index (χ0) is 21.5. The number of hydrogen-bond donors (Lipinski definition) is 1. The molecule has 1 saturated heterocycles. The molecule has 1 N–H and O–H groups in total. The molecule has 2 aromatic rings. The Labute approximate surface area is 178 Å². The first-order valence-electron chi connectivity index (χ1n) is 10.4. The van der Waals surface area contributed by atoms with Crippen molar-refractivity contribution < 1.29 is 24.1 Å². The number of ether oxygens (including phenoxy) is 3. The molecule has 2 aromatic carbocycles. The Morgan fingerprint density at radius 3 is 2.37 bits per heavy atom. The summed E-state index contributed by atoms with van der Waals surface area (Å²) < 4.78 is 16.2. The van der Waals surface area contributed by atoms with Gasteiger partial charge in [-0.05, 0) is 48.9 Å². The highest BCUT2D eigenvalue weighted by Crippen LogP contribution is 2.38. The highest BCUT2D eigenvalue weighted by molar-refractivity contribution is 5.77. The quantitative estimate of drug-likeness (QED) is 0.678. The fraction of sp³-hybridized carbons (Fsp3) is 0.458. The van der Waals surface area contributed by atoms with Gasteiger partial charge in [0.2, 0.25) is 11.7 Å². The Morgan fingerprint density at radius 2 is 1.77 bits per heavy atom. The number of amides is 1. The fourth-order valence-electron chi connectivity index (χ4n) is 4.15. The van der Waals surface area contributed by atoms with Crippen LogP contribution in [0.25, 0.3) is 0 Å². The van der Waals surface area contributed by atoms with Crippen LogP contribution >= 0.6 is 0 Å². The second-order valence-corrected chi connectivity index (χ2v) is 7.58.